The summed E-state index contributed by atoms with van der Waals surface area (Å²) >= 11 is 12.0. The second-order valence-corrected chi connectivity index (χ2v) is 5.19. The van der Waals surface area contributed by atoms with Crippen molar-refractivity contribution in [2.45, 2.75) is 19.4 Å². The van der Waals surface area contributed by atoms with Gasteiger partial charge in [-0.25, -0.2) is 0 Å². The number of rotatable bonds is 7. The highest BCUT2D eigenvalue weighted by molar-refractivity contribution is 6.42. The first-order valence-corrected chi connectivity index (χ1v) is 6.65. The Labute approximate surface area is 114 Å². The second-order valence-electron chi connectivity index (χ2n) is 4.40. The molecule has 0 aliphatic rings. The molecule has 0 aromatic heterocycles. The van der Waals surface area contributed by atoms with Crippen LogP contribution in [-0.4, -0.2) is 32.1 Å². The molecule has 0 saturated carbocycles. The largest absolute Gasteiger partial charge is 0.313 e. The maximum atomic E-state index is 6.10. The predicted octanol–water partition coefficient (Wildman–Crippen LogP) is 3.42. The Morgan fingerprint density at radius 1 is 1.18 bits per heavy atom. The summed E-state index contributed by atoms with van der Waals surface area (Å²) in [4.78, 5) is 2.20. The third-order valence-corrected chi connectivity index (χ3v) is 3.41. The van der Waals surface area contributed by atoms with Crippen LogP contribution in [0.15, 0.2) is 18.2 Å². The molecule has 0 spiro atoms. The van der Waals surface area contributed by atoms with E-state index in [1.54, 1.807) is 0 Å². The SMILES string of the molecule is CN(C)CCCCNCc1cccc(Cl)c1Cl. The third kappa shape index (κ3) is 5.73. The first kappa shape index (κ1) is 14.8. The fourth-order valence-electron chi connectivity index (χ4n) is 1.59. The lowest BCUT2D eigenvalue weighted by molar-refractivity contribution is 0.391. The fraction of sp³-hybridized carbons (Fsp3) is 0.538. The summed E-state index contributed by atoms with van der Waals surface area (Å²) in [6.45, 7) is 2.93. The van der Waals surface area contributed by atoms with Gasteiger partial charge in [-0.15, -0.1) is 0 Å². The molecule has 96 valence electrons. The molecule has 0 unspecified atom stereocenters. The van der Waals surface area contributed by atoms with Gasteiger partial charge in [0.15, 0.2) is 0 Å². The van der Waals surface area contributed by atoms with E-state index in [4.69, 9.17) is 23.2 Å². The Hall–Kier alpha value is -0.280. The number of nitrogens with zero attached hydrogens (tertiary/aromatic N) is 1. The number of benzene rings is 1. The van der Waals surface area contributed by atoms with Crippen LogP contribution in [0.3, 0.4) is 0 Å². The molecule has 0 amide bonds. The molecule has 0 bridgehead atoms. The van der Waals surface area contributed by atoms with Gasteiger partial charge in [0, 0.05) is 6.54 Å². The van der Waals surface area contributed by atoms with Crippen LogP contribution in [-0.2, 0) is 6.54 Å². The molecular weight excluding hydrogens is 255 g/mol. The van der Waals surface area contributed by atoms with Gasteiger partial charge in [-0.2, -0.15) is 0 Å². The van der Waals surface area contributed by atoms with Gasteiger partial charge in [0.25, 0.3) is 0 Å². The van der Waals surface area contributed by atoms with Gasteiger partial charge in [0.1, 0.15) is 0 Å². The van der Waals surface area contributed by atoms with Crippen molar-refractivity contribution < 1.29 is 0 Å². The number of nitrogens with one attached hydrogen (secondary N) is 1. The van der Waals surface area contributed by atoms with Crippen molar-refractivity contribution in [1.29, 1.82) is 0 Å². The quantitative estimate of drug-likeness (QED) is 0.767. The van der Waals surface area contributed by atoms with Crippen LogP contribution in [0, 0.1) is 0 Å². The second kappa shape index (κ2) is 7.93. The third-order valence-electron chi connectivity index (χ3n) is 2.56. The van der Waals surface area contributed by atoms with Gasteiger partial charge in [0.2, 0.25) is 0 Å². The Morgan fingerprint density at radius 3 is 2.65 bits per heavy atom. The van der Waals surface area contributed by atoms with Crippen molar-refractivity contribution in [2.75, 3.05) is 27.2 Å². The topological polar surface area (TPSA) is 15.3 Å². The fourth-order valence-corrected chi connectivity index (χ4v) is 1.97. The summed E-state index contributed by atoms with van der Waals surface area (Å²) in [5.74, 6) is 0. The monoisotopic (exact) mass is 274 g/mol. The van der Waals surface area contributed by atoms with Gasteiger partial charge in [-0.3, -0.25) is 0 Å². The van der Waals surface area contributed by atoms with E-state index in [9.17, 15) is 0 Å². The molecule has 4 heteroatoms. The zero-order valence-electron chi connectivity index (χ0n) is 10.5. The first-order chi connectivity index (χ1) is 8.11. The lowest BCUT2D eigenvalue weighted by Gasteiger charge is -2.10. The molecule has 2 nitrogen and oxygen atoms in total. The number of halogens is 2. The van der Waals surface area contributed by atoms with Crippen LogP contribution < -0.4 is 5.32 Å². The van der Waals surface area contributed by atoms with E-state index >= 15 is 0 Å². The van der Waals surface area contributed by atoms with Crippen molar-refractivity contribution in [1.82, 2.24) is 10.2 Å². The average Bonchev–Trinajstić information content (AvgIpc) is 2.28. The molecule has 1 N–H and O–H groups in total. The Bertz CT molecular complexity index is 340. The van der Waals surface area contributed by atoms with Crippen LogP contribution in [0.4, 0.5) is 0 Å². The zero-order valence-corrected chi connectivity index (χ0v) is 12.0. The minimum atomic E-state index is 0.624. The van der Waals surface area contributed by atoms with Crippen LogP contribution in [0.5, 0.6) is 0 Å². The smallest absolute Gasteiger partial charge is 0.0637 e. The Kier molecular flexibility index (Phi) is 6.90. The highest BCUT2D eigenvalue weighted by Gasteiger charge is 2.03. The average molecular weight is 275 g/mol. The highest BCUT2D eigenvalue weighted by Crippen LogP contribution is 2.25. The summed E-state index contributed by atoms with van der Waals surface area (Å²) in [5.41, 5.74) is 1.06. The standard InChI is InChI=1S/C13H20Cl2N2/c1-17(2)9-4-3-8-16-10-11-6-5-7-12(14)13(11)15/h5-7,16H,3-4,8-10H2,1-2H3. The van der Waals surface area contributed by atoms with Crippen LogP contribution in [0.2, 0.25) is 10.0 Å². The minimum Gasteiger partial charge on any atom is -0.313 e. The van der Waals surface area contributed by atoms with Crippen molar-refractivity contribution >= 4 is 23.2 Å². The summed E-state index contributed by atoms with van der Waals surface area (Å²) in [6, 6.07) is 5.74. The molecule has 1 rings (SSSR count). The number of hydrogen-bond acceptors (Lipinski definition) is 2. The summed E-state index contributed by atoms with van der Waals surface area (Å²) in [5, 5.41) is 4.67. The van der Waals surface area contributed by atoms with Crippen molar-refractivity contribution in [3.05, 3.63) is 33.8 Å². The Morgan fingerprint density at radius 2 is 1.94 bits per heavy atom. The molecule has 0 saturated heterocycles. The van der Waals surface area contributed by atoms with Gasteiger partial charge >= 0.3 is 0 Å². The van der Waals surface area contributed by atoms with E-state index < -0.39 is 0 Å². The normalized spacial score (nSPS) is 11.1. The molecule has 0 fully saturated rings. The van der Waals surface area contributed by atoms with Gasteiger partial charge in [0.05, 0.1) is 10.0 Å². The van der Waals surface area contributed by atoms with Gasteiger partial charge < -0.3 is 10.2 Å². The molecule has 0 atom stereocenters. The molecular formula is C13H20Cl2N2. The highest BCUT2D eigenvalue weighted by atomic mass is 35.5. The number of hydrogen-bond donors (Lipinski definition) is 1. The summed E-state index contributed by atoms with van der Waals surface area (Å²) < 4.78 is 0. The van der Waals surface area contributed by atoms with E-state index in [-0.39, 0.29) is 0 Å². The molecule has 0 heterocycles. The van der Waals surface area contributed by atoms with Crippen molar-refractivity contribution in [3.63, 3.8) is 0 Å². The van der Waals surface area contributed by atoms with Crippen LogP contribution in [0.25, 0.3) is 0 Å². The van der Waals surface area contributed by atoms with E-state index in [2.05, 4.69) is 24.3 Å². The van der Waals surface area contributed by atoms with E-state index in [0.717, 1.165) is 25.2 Å². The van der Waals surface area contributed by atoms with E-state index in [1.165, 1.54) is 12.8 Å². The maximum absolute atomic E-state index is 6.10. The first-order valence-electron chi connectivity index (χ1n) is 5.89. The van der Waals surface area contributed by atoms with Crippen molar-refractivity contribution in [3.8, 4) is 0 Å². The molecule has 0 radical (unpaired) electrons. The molecule has 0 aliphatic heterocycles. The lowest BCUT2D eigenvalue weighted by Crippen LogP contribution is -2.18. The molecule has 1 aromatic carbocycles. The van der Waals surface area contributed by atoms with E-state index in [1.807, 2.05) is 18.2 Å². The van der Waals surface area contributed by atoms with Gasteiger partial charge in [-0.1, -0.05) is 35.3 Å². The number of unbranched alkanes of at least 4 members (excludes halogenated alkanes) is 1. The van der Waals surface area contributed by atoms with Crippen molar-refractivity contribution in [2.24, 2.45) is 0 Å². The lowest BCUT2D eigenvalue weighted by atomic mass is 10.2. The summed E-state index contributed by atoms with van der Waals surface area (Å²) in [6.07, 6.45) is 2.39. The molecule has 0 aliphatic carbocycles. The van der Waals surface area contributed by atoms with Crippen LogP contribution >= 0.6 is 23.2 Å². The van der Waals surface area contributed by atoms with E-state index in [0.29, 0.717) is 10.0 Å². The minimum absolute atomic E-state index is 0.624. The summed E-state index contributed by atoms with van der Waals surface area (Å²) in [7, 11) is 4.19. The Balaban J connectivity index is 2.20. The zero-order chi connectivity index (χ0) is 12.7. The molecule has 1 aromatic rings. The molecule has 17 heavy (non-hydrogen) atoms. The predicted molar refractivity (Wildman–Crippen MR) is 76.0 cm³/mol. The van der Waals surface area contributed by atoms with Gasteiger partial charge in [-0.05, 0) is 51.7 Å². The maximum Gasteiger partial charge on any atom is 0.0637 e. The van der Waals surface area contributed by atoms with Crippen LogP contribution in [0.1, 0.15) is 18.4 Å².